The molecule has 0 saturated heterocycles. The first-order chi connectivity index (χ1) is 8.91. The van der Waals surface area contributed by atoms with Gasteiger partial charge in [-0.05, 0) is 19.8 Å². The van der Waals surface area contributed by atoms with Crippen molar-refractivity contribution in [3.63, 3.8) is 0 Å². The van der Waals surface area contributed by atoms with Gasteiger partial charge in [0.15, 0.2) is 9.84 Å². The van der Waals surface area contributed by atoms with Crippen molar-refractivity contribution >= 4 is 15.7 Å². The minimum absolute atomic E-state index is 0.399. The van der Waals surface area contributed by atoms with Crippen molar-refractivity contribution in [2.45, 2.75) is 43.8 Å². The molecule has 106 valence electrons. The molecule has 1 saturated carbocycles. The maximum atomic E-state index is 11.7. The van der Waals surface area contributed by atoms with E-state index >= 15 is 0 Å². The number of aromatic nitrogens is 2. The highest BCUT2D eigenvalue weighted by atomic mass is 32.2. The lowest BCUT2D eigenvalue weighted by Crippen LogP contribution is -2.14. The number of nitrogens with zero attached hydrogens (tertiary/aromatic N) is 2. The summed E-state index contributed by atoms with van der Waals surface area (Å²) in [4.78, 5) is 8.79. The molecular weight excluding hydrogens is 262 g/mol. The second-order valence-corrected chi connectivity index (χ2v) is 7.61. The number of anilines is 1. The van der Waals surface area contributed by atoms with Crippen LogP contribution in [-0.2, 0) is 9.84 Å². The van der Waals surface area contributed by atoms with E-state index in [1.165, 1.54) is 19.1 Å². The molecule has 0 spiro atoms. The van der Waals surface area contributed by atoms with Gasteiger partial charge < -0.3 is 5.32 Å². The Labute approximate surface area is 114 Å². The van der Waals surface area contributed by atoms with E-state index in [1.807, 2.05) is 6.07 Å². The third kappa shape index (κ3) is 3.23. The number of rotatable bonds is 4. The van der Waals surface area contributed by atoms with Crippen LogP contribution in [-0.4, -0.2) is 31.7 Å². The molecule has 5 nitrogen and oxygen atoms in total. The van der Waals surface area contributed by atoms with E-state index in [4.69, 9.17) is 0 Å². The molecule has 1 fully saturated rings. The summed E-state index contributed by atoms with van der Waals surface area (Å²) in [5.41, 5.74) is 0.974. The molecule has 1 aromatic rings. The van der Waals surface area contributed by atoms with Gasteiger partial charge >= 0.3 is 0 Å². The van der Waals surface area contributed by atoms with E-state index in [0.29, 0.717) is 17.6 Å². The molecule has 1 unspecified atom stereocenters. The van der Waals surface area contributed by atoms with Gasteiger partial charge in [-0.25, -0.2) is 18.4 Å². The number of sulfone groups is 1. The summed E-state index contributed by atoms with van der Waals surface area (Å²) in [6.45, 7) is 1.64. The molecule has 0 bridgehead atoms. The third-order valence-electron chi connectivity index (χ3n) is 3.80. The van der Waals surface area contributed by atoms with Crippen molar-refractivity contribution < 1.29 is 8.42 Å². The molecule has 0 aliphatic heterocycles. The minimum Gasteiger partial charge on any atom is -0.373 e. The van der Waals surface area contributed by atoms with Gasteiger partial charge in [-0.15, -0.1) is 0 Å². The highest BCUT2D eigenvalue weighted by Crippen LogP contribution is 2.34. The molecular formula is C13H21N3O2S. The summed E-state index contributed by atoms with van der Waals surface area (Å²) in [5.74, 6) is 1.54. The molecule has 1 N–H and O–H groups in total. The maximum Gasteiger partial charge on any atom is 0.157 e. The Morgan fingerprint density at radius 1 is 1.32 bits per heavy atom. The van der Waals surface area contributed by atoms with Crippen LogP contribution >= 0.6 is 0 Å². The SMILES string of the molecule is CNc1cc(C2CCCC2)nc(C(C)S(C)(=O)=O)n1. The standard InChI is InChI=1S/C13H21N3O2S/c1-9(19(3,17)18)13-15-11(8-12(14-2)16-13)10-6-4-5-7-10/h8-10H,4-7H2,1-3H3,(H,14,15,16). The fourth-order valence-corrected chi connectivity index (χ4v) is 2.91. The fourth-order valence-electron chi connectivity index (χ4n) is 2.42. The number of nitrogens with one attached hydrogen (secondary N) is 1. The van der Waals surface area contributed by atoms with Crippen LogP contribution in [0.4, 0.5) is 5.82 Å². The van der Waals surface area contributed by atoms with Crippen LogP contribution in [0, 0.1) is 0 Å². The van der Waals surface area contributed by atoms with E-state index in [-0.39, 0.29) is 0 Å². The molecule has 6 heteroatoms. The molecule has 0 radical (unpaired) electrons. The summed E-state index contributed by atoms with van der Waals surface area (Å²) in [5, 5.41) is 2.33. The van der Waals surface area contributed by atoms with Gasteiger partial charge in [-0.3, -0.25) is 0 Å². The summed E-state index contributed by atoms with van der Waals surface area (Å²) in [6, 6.07) is 1.94. The normalized spacial score (nSPS) is 18.5. The molecule has 19 heavy (non-hydrogen) atoms. The Morgan fingerprint density at radius 2 is 1.95 bits per heavy atom. The molecule has 0 amide bonds. The van der Waals surface area contributed by atoms with Crippen LogP contribution in [0.25, 0.3) is 0 Å². The van der Waals surface area contributed by atoms with E-state index < -0.39 is 15.1 Å². The first-order valence-electron chi connectivity index (χ1n) is 6.67. The van der Waals surface area contributed by atoms with Crippen molar-refractivity contribution in [1.29, 1.82) is 0 Å². The fraction of sp³-hybridized carbons (Fsp3) is 0.692. The predicted molar refractivity (Wildman–Crippen MR) is 76.0 cm³/mol. The molecule has 0 aromatic carbocycles. The summed E-state index contributed by atoms with van der Waals surface area (Å²) >= 11 is 0. The zero-order chi connectivity index (χ0) is 14.0. The number of hydrogen-bond acceptors (Lipinski definition) is 5. The Morgan fingerprint density at radius 3 is 2.47 bits per heavy atom. The Hall–Kier alpha value is -1.17. The molecule has 1 aliphatic rings. The van der Waals surface area contributed by atoms with E-state index in [2.05, 4.69) is 15.3 Å². The van der Waals surface area contributed by atoms with Gasteiger partial charge in [0.2, 0.25) is 0 Å². The van der Waals surface area contributed by atoms with Crippen molar-refractivity contribution in [3.05, 3.63) is 17.6 Å². The van der Waals surface area contributed by atoms with Crippen molar-refractivity contribution in [1.82, 2.24) is 9.97 Å². The van der Waals surface area contributed by atoms with Crippen molar-refractivity contribution in [2.24, 2.45) is 0 Å². The second-order valence-electron chi connectivity index (χ2n) is 5.24. The van der Waals surface area contributed by atoms with Gasteiger partial charge in [0, 0.05) is 31.0 Å². The highest BCUT2D eigenvalue weighted by Gasteiger charge is 2.24. The van der Waals surface area contributed by atoms with Crippen LogP contribution < -0.4 is 5.32 Å². The zero-order valence-electron chi connectivity index (χ0n) is 11.7. The molecule has 2 rings (SSSR count). The topological polar surface area (TPSA) is 72.0 Å². The van der Waals surface area contributed by atoms with Gasteiger partial charge in [0.1, 0.15) is 16.9 Å². The lowest BCUT2D eigenvalue weighted by Gasteiger charge is -2.15. The molecule has 1 aliphatic carbocycles. The lowest BCUT2D eigenvalue weighted by molar-refractivity contribution is 0.587. The largest absolute Gasteiger partial charge is 0.373 e. The number of hydrogen-bond donors (Lipinski definition) is 1. The first kappa shape index (κ1) is 14.2. The van der Waals surface area contributed by atoms with E-state index in [0.717, 1.165) is 18.5 Å². The Kier molecular flexibility index (Phi) is 4.08. The Balaban J connectivity index is 2.41. The van der Waals surface area contributed by atoms with Crippen LogP contribution in [0.2, 0.25) is 0 Å². The Bertz CT molecular complexity index is 551. The van der Waals surface area contributed by atoms with Crippen LogP contribution in [0.15, 0.2) is 6.07 Å². The van der Waals surface area contributed by atoms with Gasteiger partial charge in [-0.2, -0.15) is 0 Å². The molecule has 1 atom stereocenters. The minimum atomic E-state index is -3.17. The molecule has 1 aromatic heterocycles. The van der Waals surface area contributed by atoms with Crippen molar-refractivity contribution in [2.75, 3.05) is 18.6 Å². The summed E-state index contributed by atoms with van der Waals surface area (Å²) in [6.07, 6.45) is 5.93. The third-order valence-corrected chi connectivity index (χ3v) is 5.29. The van der Waals surface area contributed by atoms with Crippen LogP contribution in [0.1, 0.15) is 55.3 Å². The molecule has 1 heterocycles. The first-order valence-corrected chi connectivity index (χ1v) is 8.62. The average Bonchev–Trinajstić information content (AvgIpc) is 2.90. The monoisotopic (exact) mass is 283 g/mol. The van der Waals surface area contributed by atoms with E-state index in [9.17, 15) is 8.42 Å². The van der Waals surface area contributed by atoms with Gasteiger partial charge in [-0.1, -0.05) is 12.8 Å². The van der Waals surface area contributed by atoms with Crippen LogP contribution in [0.3, 0.4) is 0 Å². The van der Waals surface area contributed by atoms with Crippen molar-refractivity contribution in [3.8, 4) is 0 Å². The predicted octanol–water partition coefficient (Wildman–Crippen LogP) is 2.28. The average molecular weight is 283 g/mol. The summed E-state index contributed by atoms with van der Waals surface area (Å²) < 4.78 is 23.3. The second kappa shape index (κ2) is 5.45. The van der Waals surface area contributed by atoms with Crippen LogP contribution in [0.5, 0.6) is 0 Å². The maximum absolute atomic E-state index is 11.7. The zero-order valence-corrected chi connectivity index (χ0v) is 12.5. The quantitative estimate of drug-likeness (QED) is 0.918. The highest BCUT2D eigenvalue weighted by molar-refractivity contribution is 7.90. The van der Waals surface area contributed by atoms with Gasteiger partial charge in [0.25, 0.3) is 0 Å². The lowest BCUT2D eigenvalue weighted by atomic mass is 10.0. The van der Waals surface area contributed by atoms with E-state index in [1.54, 1.807) is 14.0 Å². The smallest absolute Gasteiger partial charge is 0.157 e. The van der Waals surface area contributed by atoms with Gasteiger partial charge in [0.05, 0.1) is 0 Å². The summed E-state index contributed by atoms with van der Waals surface area (Å²) in [7, 11) is -1.39.